The van der Waals surface area contributed by atoms with E-state index in [-0.39, 0.29) is 0 Å². The van der Waals surface area contributed by atoms with E-state index in [0.29, 0.717) is 11.5 Å². The minimum Gasteiger partial charge on any atom is -0.330 e. The van der Waals surface area contributed by atoms with E-state index < -0.39 is 0 Å². The van der Waals surface area contributed by atoms with Crippen LogP contribution in [-0.2, 0) is 0 Å². The van der Waals surface area contributed by atoms with Crippen LogP contribution in [0.4, 0.5) is 0 Å². The molecule has 0 saturated carbocycles. The highest BCUT2D eigenvalue weighted by molar-refractivity contribution is 5.19. The average Bonchev–Trinajstić information content (AvgIpc) is 2.71. The third-order valence-electron chi connectivity index (χ3n) is 5.05. The molecule has 2 nitrogen and oxygen atoms in total. The van der Waals surface area contributed by atoms with Crippen molar-refractivity contribution in [2.75, 3.05) is 19.6 Å². The maximum atomic E-state index is 5.88. The first-order chi connectivity index (χ1) is 10.0. The van der Waals surface area contributed by atoms with Gasteiger partial charge in [-0.15, -0.1) is 0 Å². The van der Waals surface area contributed by atoms with Crippen LogP contribution in [0.3, 0.4) is 0 Å². The van der Waals surface area contributed by atoms with Gasteiger partial charge in [-0.05, 0) is 62.2 Å². The largest absolute Gasteiger partial charge is 0.330 e. The zero-order chi connectivity index (χ0) is 15.3. The van der Waals surface area contributed by atoms with Gasteiger partial charge in [-0.1, -0.05) is 51.1 Å². The first-order valence-electron chi connectivity index (χ1n) is 8.51. The molecule has 1 aliphatic heterocycles. The number of likely N-dealkylation sites (tertiary alicyclic amines) is 1. The molecule has 1 fully saturated rings. The lowest BCUT2D eigenvalue weighted by Crippen LogP contribution is -2.32. The van der Waals surface area contributed by atoms with Crippen molar-refractivity contribution in [1.29, 1.82) is 0 Å². The molecule has 0 radical (unpaired) electrons. The van der Waals surface area contributed by atoms with Gasteiger partial charge < -0.3 is 5.73 Å². The minimum absolute atomic E-state index is 0.437. The van der Waals surface area contributed by atoms with Crippen LogP contribution in [0.1, 0.15) is 58.1 Å². The van der Waals surface area contributed by atoms with Gasteiger partial charge in [-0.25, -0.2) is 0 Å². The minimum atomic E-state index is 0.437. The van der Waals surface area contributed by atoms with Crippen molar-refractivity contribution in [3.8, 4) is 0 Å². The maximum absolute atomic E-state index is 5.88. The molecule has 21 heavy (non-hydrogen) atoms. The van der Waals surface area contributed by atoms with Crippen molar-refractivity contribution < 1.29 is 0 Å². The Balaban J connectivity index is 2.08. The third-order valence-corrected chi connectivity index (χ3v) is 5.05. The summed E-state index contributed by atoms with van der Waals surface area (Å²) in [5.74, 6) is 0.844. The molecule has 2 unspecified atom stereocenters. The van der Waals surface area contributed by atoms with Crippen molar-refractivity contribution in [2.45, 2.75) is 52.5 Å². The normalized spacial score (nSPS) is 22.8. The zero-order valence-electron chi connectivity index (χ0n) is 14.0. The fourth-order valence-electron chi connectivity index (χ4n) is 3.69. The van der Waals surface area contributed by atoms with E-state index in [1.165, 1.54) is 37.9 Å². The van der Waals surface area contributed by atoms with Gasteiger partial charge in [0.25, 0.3) is 0 Å². The number of nitrogens with zero attached hydrogens (tertiary/aromatic N) is 1. The summed E-state index contributed by atoms with van der Waals surface area (Å²) in [6.07, 6.45) is 5.06. The van der Waals surface area contributed by atoms with Crippen LogP contribution in [-0.4, -0.2) is 24.5 Å². The molecule has 1 aromatic rings. The second kappa shape index (κ2) is 7.42. The lowest BCUT2D eigenvalue weighted by Gasteiger charge is -2.32. The van der Waals surface area contributed by atoms with Crippen LogP contribution < -0.4 is 5.73 Å². The Morgan fingerprint density at radius 2 is 1.86 bits per heavy atom. The van der Waals surface area contributed by atoms with Gasteiger partial charge in [-0.2, -0.15) is 0 Å². The Labute approximate surface area is 130 Å². The van der Waals surface area contributed by atoms with E-state index in [9.17, 15) is 0 Å². The van der Waals surface area contributed by atoms with Crippen molar-refractivity contribution in [3.05, 3.63) is 35.9 Å². The van der Waals surface area contributed by atoms with Gasteiger partial charge in [0.15, 0.2) is 0 Å². The molecule has 2 atom stereocenters. The van der Waals surface area contributed by atoms with Crippen molar-refractivity contribution in [3.63, 3.8) is 0 Å². The second-order valence-electron chi connectivity index (χ2n) is 7.53. The topological polar surface area (TPSA) is 29.3 Å². The Morgan fingerprint density at radius 1 is 1.14 bits per heavy atom. The number of nitrogens with two attached hydrogens (primary N) is 1. The maximum Gasteiger partial charge on any atom is 0.0360 e. The lowest BCUT2D eigenvalue weighted by atomic mass is 9.77. The third kappa shape index (κ3) is 4.55. The quantitative estimate of drug-likeness (QED) is 0.898. The van der Waals surface area contributed by atoms with E-state index in [0.717, 1.165) is 18.9 Å². The van der Waals surface area contributed by atoms with E-state index in [4.69, 9.17) is 5.73 Å². The number of hydrogen-bond acceptors (Lipinski definition) is 2. The first kappa shape index (κ1) is 16.5. The summed E-state index contributed by atoms with van der Waals surface area (Å²) >= 11 is 0. The van der Waals surface area contributed by atoms with E-state index in [1.807, 2.05) is 0 Å². The van der Waals surface area contributed by atoms with Crippen molar-refractivity contribution in [1.82, 2.24) is 4.90 Å². The van der Waals surface area contributed by atoms with E-state index in [2.05, 4.69) is 56.0 Å². The molecule has 0 aromatic heterocycles. The van der Waals surface area contributed by atoms with Crippen molar-refractivity contribution >= 4 is 0 Å². The highest BCUT2D eigenvalue weighted by Gasteiger charge is 2.29. The predicted molar refractivity (Wildman–Crippen MR) is 91.2 cm³/mol. The zero-order valence-corrected chi connectivity index (χ0v) is 14.0. The summed E-state index contributed by atoms with van der Waals surface area (Å²) in [6, 6.07) is 11.4. The molecule has 1 saturated heterocycles. The molecule has 2 rings (SSSR count). The van der Waals surface area contributed by atoms with Gasteiger partial charge >= 0.3 is 0 Å². The monoisotopic (exact) mass is 288 g/mol. The molecule has 0 aliphatic carbocycles. The van der Waals surface area contributed by atoms with Gasteiger partial charge in [-0.3, -0.25) is 4.90 Å². The van der Waals surface area contributed by atoms with Gasteiger partial charge in [0.1, 0.15) is 0 Å². The Kier molecular flexibility index (Phi) is 5.83. The molecule has 2 heteroatoms. The average molecular weight is 288 g/mol. The highest BCUT2D eigenvalue weighted by Crippen LogP contribution is 2.36. The van der Waals surface area contributed by atoms with Crippen LogP contribution >= 0.6 is 0 Å². The summed E-state index contributed by atoms with van der Waals surface area (Å²) in [5, 5.41) is 0. The molecule has 0 bridgehead atoms. The van der Waals surface area contributed by atoms with Gasteiger partial charge in [0, 0.05) is 6.04 Å². The molecule has 1 heterocycles. The summed E-state index contributed by atoms with van der Waals surface area (Å²) in [6.45, 7) is 10.4. The smallest absolute Gasteiger partial charge is 0.0360 e. The van der Waals surface area contributed by atoms with E-state index in [1.54, 1.807) is 0 Å². The van der Waals surface area contributed by atoms with Crippen LogP contribution in [0.5, 0.6) is 0 Å². The molecule has 0 spiro atoms. The highest BCUT2D eigenvalue weighted by atomic mass is 15.2. The molecular formula is C19H32N2. The SMILES string of the molecule is CC(C)(C)C1CCCN(C(CCN)c2ccccc2)CC1. The summed E-state index contributed by atoms with van der Waals surface area (Å²) in [7, 11) is 0. The number of rotatable bonds is 4. The van der Waals surface area contributed by atoms with Gasteiger partial charge in [0.05, 0.1) is 0 Å². The first-order valence-corrected chi connectivity index (χ1v) is 8.51. The number of hydrogen-bond donors (Lipinski definition) is 1. The molecular weight excluding hydrogens is 256 g/mol. The van der Waals surface area contributed by atoms with Crippen LogP contribution in [0.2, 0.25) is 0 Å². The fourth-order valence-corrected chi connectivity index (χ4v) is 3.69. The Bertz CT molecular complexity index is 407. The summed E-state index contributed by atoms with van der Waals surface area (Å²) in [5.41, 5.74) is 7.75. The van der Waals surface area contributed by atoms with Crippen LogP contribution in [0, 0.1) is 11.3 Å². The molecule has 0 amide bonds. The molecule has 1 aromatic carbocycles. The Morgan fingerprint density at radius 3 is 2.48 bits per heavy atom. The second-order valence-corrected chi connectivity index (χ2v) is 7.53. The summed E-state index contributed by atoms with van der Waals surface area (Å²) in [4.78, 5) is 2.67. The lowest BCUT2D eigenvalue weighted by molar-refractivity contribution is 0.177. The van der Waals surface area contributed by atoms with Crippen LogP contribution in [0.25, 0.3) is 0 Å². The van der Waals surface area contributed by atoms with Crippen LogP contribution in [0.15, 0.2) is 30.3 Å². The fraction of sp³-hybridized carbons (Fsp3) is 0.684. The van der Waals surface area contributed by atoms with E-state index >= 15 is 0 Å². The van der Waals surface area contributed by atoms with Gasteiger partial charge in [0.2, 0.25) is 0 Å². The molecule has 118 valence electrons. The Hall–Kier alpha value is -0.860. The molecule has 2 N–H and O–H groups in total. The number of benzene rings is 1. The summed E-state index contributed by atoms with van der Waals surface area (Å²) < 4.78 is 0. The predicted octanol–water partition coefficient (Wildman–Crippen LogP) is 4.22. The van der Waals surface area contributed by atoms with Crippen molar-refractivity contribution in [2.24, 2.45) is 17.1 Å². The standard InChI is InChI=1S/C19H32N2/c1-19(2,3)17-10-7-14-21(15-12-17)18(11-13-20)16-8-5-4-6-9-16/h4-6,8-9,17-18H,7,10-15,20H2,1-3H3. The molecule has 1 aliphatic rings.